The molecule has 114 valence electrons. The van der Waals surface area contributed by atoms with E-state index in [0.717, 1.165) is 10.6 Å². The molecule has 0 aliphatic rings. The third-order valence-electron chi connectivity index (χ3n) is 2.85. The molecule has 1 rings (SSSR count). The molecule has 1 aromatic rings. The van der Waals surface area contributed by atoms with Crippen LogP contribution in [-0.2, 0) is 6.42 Å². The molecule has 0 saturated carbocycles. The third-order valence-corrected chi connectivity index (χ3v) is 3.57. The highest BCUT2D eigenvalue weighted by molar-refractivity contribution is 14.1. The van der Waals surface area contributed by atoms with Crippen molar-refractivity contribution in [1.29, 1.82) is 0 Å². The lowest BCUT2D eigenvalue weighted by molar-refractivity contribution is -0.291. The van der Waals surface area contributed by atoms with Gasteiger partial charge in [0.05, 0.1) is 0 Å². The second-order valence-corrected chi connectivity index (χ2v) is 5.53. The second-order valence-electron chi connectivity index (χ2n) is 4.29. The first-order valence-electron chi connectivity index (χ1n) is 5.61. The van der Waals surface area contributed by atoms with Crippen molar-refractivity contribution < 1.29 is 26.3 Å². The van der Waals surface area contributed by atoms with Crippen molar-refractivity contribution in [1.82, 2.24) is 5.32 Å². The summed E-state index contributed by atoms with van der Waals surface area (Å²) in [6.07, 6.45) is -11.0. The lowest BCUT2D eigenvalue weighted by Gasteiger charge is -2.30. The smallest absolute Gasteiger partial charge is 0.316 e. The molecule has 1 nitrogen and oxygen atoms in total. The summed E-state index contributed by atoms with van der Waals surface area (Å²) in [6, 6.07) is 4.57. The second kappa shape index (κ2) is 6.50. The van der Waals surface area contributed by atoms with Crippen molar-refractivity contribution in [2.45, 2.75) is 24.8 Å². The topological polar surface area (TPSA) is 12.0 Å². The quantitative estimate of drug-likeness (QED) is 0.580. The highest BCUT2D eigenvalue weighted by Gasteiger charge is 2.59. The molecule has 0 heterocycles. The van der Waals surface area contributed by atoms with Crippen molar-refractivity contribution >= 4 is 22.6 Å². The predicted molar refractivity (Wildman–Crippen MR) is 71.3 cm³/mol. The highest BCUT2D eigenvalue weighted by atomic mass is 127. The average Bonchev–Trinajstić information content (AvgIpc) is 2.27. The van der Waals surface area contributed by atoms with Gasteiger partial charge in [0.2, 0.25) is 0 Å². The van der Waals surface area contributed by atoms with Gasteiger partial charge in [0.25, 0.3) is 0 Å². The lowest BCUT2D eigenvalue weighted by atomic mass is 9.92. The van der Waals surface area contributed by atoms with Crippen LogP contribution in [0.15, 0.2) is 24.3 Å². The third kappa shape index (κ3) is 4.80. The molecule has 0 aliphatic carbocycles. The molecule has 8 heteroatoms. The summed E-state index contributed by atoms with van der Waals surface area (Å²) < 4.78 is 76.8. The number of alkyl halides is 6. The molecule has 0 aromatic heterocycles. The maximum absolute atomic E-state index is 12.7. The Bertz CT molecular complexity index is 411. The summed E-state index contributed by atoms with van der Waals surface area (Å²) in [4.78, 5) is 0. The van der Waals surface area contributed by atoms with Crippen LogP contribution < -0.4 is 5.32 Å². The van der Waals surface area contributed by atoms with Crippen LogP contribution in [0.4, 0.5) is 26.3 Å². The standard InChI is InChI=1S/C12H12F6IN/c1-20-9(6-7-2-4-8(19)5-3-7)10(11(13,14)15)12(16,17)18/h2-5,9-10,20H,6H2,1H3. The molecule has 0 spiro atoms. The Hall–Kier alpha value is -0.510. The number of halogens is 7. The van der Waals surface area contributed by atoms with Crippen LogP contribution in [-0.4, -0.2) is 25.4 Å². The molecule has 0 amide bonds. The number of hydrogen-bond donors (Lipinski definition) is 1. The molecule has 1 atom stereocenters. The number of benzene rings is 1. The lowest BCUT2D eigenvalue weighted by Crippen LogP contribution is -2.51. The minimum atomic E-state index is -5.34. The Kier molecular flexibility index (Phi) is 5.70. The Labute approximate surface area is 125 Å². The van der Waals surface area contributed by atoms with E-state index in [-0.39, 0.29) is 6.42 Å². The van der Waals surface area contributed by atoms with E-state index < -0.39 is 24.3 Å². The Balaban J connectivity index is 3.00. The summed E-state index contributed by atoms with van der Waals surface area (Å²) in [5.74, 6) is -3.39. The molecular weight excluding hydrogens is 399 g/mol. The van der Waals surface area contributed by atoms with E-state index in [0.29, 0.717) is 5.56 Å². The van der Waals surface area contributed by atoms with Crippen molar-refractivity contribution in [2.75, 3.05) is 7.05 Å². The summed E-state index contributed by atoms with van der Waals surface area (Å²) >= 11 is 2.00. The number of likely N-dealkylation sites (N-methyl/N-ethyl adjacent to an activating group) is 1. The van der Waals surface area contributed by atoms with Crippen LogP contribution in [0.5, 0.6) is 0 Å². The van der Waals surface area contributed by atoms with Crippen molar-refractivity contribution in [3.63, 3.8) is 0 Å². The van der Waals surface area contributed by atoms with Crippen molar-refractivity contribution in [3.05, 3.63) is 33.4 Å². The van der Waals surface area contributed by atoms with E-state index in [4.69, 9.17) is 0 Å². The molecule has 0 bridgehead atoms. The first kappa shape index (κ1) is 17.5. The van der Waals surface area contributed by atoms with E-state index in [2.05, 4.69) is 5.32 Å². The number of rotatable bonds is 4. The van der Waals surface area contributed by atoms with Gasteiger partial charge in [0.1, 0.15) is 0 Å². The van der Waals surface area contributed by atoms with Gasteiger partial charge in [-0.15, -0.1) is 0 Å². The van der Waals surface area contributed by atoms with E-state index in [9.17, 15) is 26.3 Å². The van der Waals surface area contributed by atoms with Gasteiger partial charge in [-0.3, -0.25) is 0 Å². The van der Waals surface area contributed by atoms with Crippen LogP contribution >= 0.6 is 22.6 Å². The van der Waals surface area contributed by atoms with Gasteiger partial charge >= 0.3 is 12.4 Å². The maximum atomic E-state index is 12.7. The summed E-state index contributed by atoms with van der Waals surface area (Å²) in [5, 5.41) is 2.14. The first-order valence-corrected chi connectivity index (χ1v) is 6.68. The largest absolute Gasteiger partial charge is 0.402 e. The van der Waals surface area contributed by atoms with Crippen LogP contribution in [0.1, 0.15) is 5.56 Å². The first-order chi connectivity index (χ1) is 9.05. The van der Waals surface area contributed by atoms with E-state index in [1.54, 1.807) is 12.1 Å². The summed E-state index contributed by atoms with van der Waals surface area (Å²) in [5.41, 5.74) is 0.420. The zero-order valence-corrected chi connectivity index (χ0v) is 12.5. The van der Waals surface area contributed by atoms with Gasteiger partial charge in [0, 0.05) is 9.61 Å². The minimum Gasteiger partial charge on any atom is -0.316 e. The molecule has 0 radical (unpaired) electrons. The zero-order chi connectivity index (χ0) is 15.6. The summed E-state index contributed by atoms with van der Waals surface area (Å²) in [6.45, 7) is 0. The van der Waals surface area contributed by atoms with Crippen molar-refractivity contribution in [2.24, 2.45) is 5.92 Å². The van der Waals surface area contributed by atoms with Gasteiger partial charge in [-0.05, 0) is 53.8 Å². The molecule has 1 unspecified atom stereocenters. The molecule has 20 heavy (non-hydrogen) atoms. The van der Waals surface area contributed by atoms with Crippen LogP contribution in [0.3, 0.4) is 0 Å². The van der Waals surface area contributed by atoms with Gasteiger partial charge in [-0.2, -0.15) is 26.3 Å². The molecule has 0 fully saturated rings. The van der Waals surface area contributed by atoms with Crippen LogP contribution in [0, 0.1) is 9.49 Å². The predicted octanol–water partition coefficient (Wildman–Crippen LogP) is 4.16. The van der Waals surface area contributed by atoms with Gasteiger partial charge in [-0.1, -0.05) is 12.1 Å². The summed E-state index contributed by atoms with van der Waals surface area (Å²) in [7, 11) is 1.10. The van der Waals surface area contributed by atoms with E-state index >= 15 is 0 Å². The van der Waals surface area contributed by atoms with E-state index in [1.165, 1.54) is 12.1 Å². The van der Waals surface area contributed by atoms with E-state index in [1.807, 2.05) is 22.6 Å². The number of hydrogen-bond acceptors (Lipinski definition) is 1. The van der Waals surface area contributed by atoms with Gasteiger partial charge in [-0.25, -0.2) is 0 Å². The molecule has 1 aromatic carbocycles. The Morgan fingerprint density at radius 1 is 1.00 bits per heavy atom. The maximum Gasteiger partial charge on any atom is 0.402 e. The SMILES string of the molecule is CNC(Cc1ccc(I)cc1)C(C(F)(F)F)C(F)(F)F. The minimum absolute atomic E-state index is 0.350. The van der Waals surface area contributed by atoms with Crippen LogP contribution in [0.25, 0.3) is 0 Å². The fourth-order valence-corrected chi connectivity index (χ4v) is 2.26. The van der Waals surface area contributed by atoms with Crippen molar-refractivity contribution in [3.8, 4) is 0 Å². The normalized spacial score (nSPS) is 14.7. The zero-order valence-electron chi connectivity index (χ0n) is 10.3. The highest BCUT2D eigenvalue weighted by Crippen LogP contribution is 2.42. The number of nitrogens with one attached hydrogen (secondary N) is 1. The monoisotopic (exact) mass is 411 g/mol. The fraction of sp³-hybridized carbons (Fsp3) is 0.500. The van der Waals surface area contributed by atoms with Gasteiger partial charge in [0.15, 0.2) is 5.92 Å². The molecule has 0 saturated heterocycles. The van der Waals surface area contributed by atoms with Crippen LogP contribution in [0.2, 0.25) is 0 Å². The van der Waals surface area contributed by atoms with Gasteiger partial charge < -0.3 is 5.32 Å². The fourth-order valence-electron chi connectivity index (χ4n) is 1.90. The molecule has 1 N–H and O–H groups in total. The Morgan fingerprint density at radius 3 is 1.80 bits per heavy atom. The Morgan fingerprint density at radius 2 is 1.45 bits per heavy atom. The molecular formula is C12H12F6IN. The molecule has 0 aliphatic heterocycles. The average molecular weight is 411 g/mol.